The van der Waals surface area contributed by atoms with E-state index in [4.69, 9.17) is 18.9 Å². The maximum Gasteiger partial charge on any atom is 0.268 e. The fourth-order valence-corrected chi connectivity index (χ4v) is 4.23. The summed E-state index contributed by atoms with van der Waals surface area (Å²) in [4.78, 5) is 27.3. The molecule has 0 saturated carbocycles. The molecule has 2 amide bonds. The predicted octanol–water partition coefficient (Wildman–Crippen LogP) is 4.82. The van der Waals surface area contributed by atoms with Crippen LogP contribution in [0.1, 0.15) is 40.2 Å². The lowest BCUT2D eigenvalue weighted by Gasteiger charge is -2.20. The second-order valence-corrected chi connectivity index (χ2v) is 8.63. The average molecular weight is 511 g/mol. The highest BCUT2D eigenvalue weighted by Gasteiger charge is 2.21. The van der Waals surface area contributed by atoms with E-state index in [-0.39, 0.29) is 11.7 Å². The minimum Gasteiger partial charge on any atom is -0.493 e. The van der Waals surface area contributed by atoms with E-state index in [0.717, 1.165) is 10.4 Å². The molecule has 1 atom stereocenters. The Kier molecular flexibility index (Phi) is 9.35. The Labute approximate surface area is 214 Å². The molecule has 0 bridgehead atoms. The highest BCUT2D eigenvalue weighted by Crippen LogP contribution is 2.31. The molecule has 0 aliphatic rings. The van der Waals surface area contributed by atoms with Crippen molar-refractivity contribution in [3.05, 3.63) is 75.6 Å². The third-order valence-electron chi connectivity index (χ3n) is 5.49. The van der Waals surface area contributed by atoms with Crippen molar-refractivity contribution in [2.75, 3.05) is 28.4 Å². The number of hydrogen-bond acceptors (Lipinski definition) is 7. The molecule has 0 unspecified atom stereocenters. The van der Waals surface area contributed by atoms with Crippen molar-refractivity contribution in [1.82, 2.24) is 10.6 Å². The third kappa shape index (κ3) is 6.37. The smallest absolute Gasteiger partial charge is 0.268 e. The van der Waals surface area contributed by atoms with Crippen LogP contribution in [0.25, 0.3) is 6.08 Å². The van der Waals surface area contributed by atoms with Gasteiger partial charge in [-0.25, -0.2) is 0 Å². The van der Waals surface area contributed by atoms with Crippen LogP contribution in [0, 0.1) is 0 Å². The van der Waals surface area contributed by atoms with Gasteiger partial charge in [-0.1, -0.05) is 19.1 Å². The van der Waals surface area contributed by atoms with Crippen molar-refractivity contribution in [3.8, 4) is 23.0 Å². The average Bonchev–Trinajstić information content (AvgIpc) is 3.43. The molecular weight excluding hydrogens is 480 g/mol. The largest absolute Gasteiger partial charge is 0.493 e. The van der Waals surface area contributed by atoms with Gasteiger partial charge in [0.05, 0.1) is 34.5 Å². The zero-order valence-corrected chi connectivity index (χ0v) is 21.7. The van der Waals surface area contributed by atoms with Gasteiger partial charge >= 0.3 is 0 Å². The van der Waals surface area contributed by atoms with Gasteiger partial charge in [0.1, 0.15) is 5.70 Å². The van der Waals surface area contributed by atoms with E-state index in [1.807, 2.05) is 36.6 Å². The number of rotatable bonds is 11. The number of carbonyl (C=O) groups is 2. The van der Waals surface area contributed by atoms with Crippen LogP contribution in [-0.4, -0.2) is 40.3 Å². The van der Waals surface area contributed by atoms with E-state index >= 15 is 0 Å². The van der Waals surface area contributed by atoms with E-state index < -0.39 is 11.8 Å². The highest BCUT2D eigenvalue weighted by molar-refractivity contribution is 7.10. The Morgan fingerprint density at radius 3 is 2.11 bits per heavy atom. The van der Waals surface area contributed by atoms with Gasteiger partial charge in [-0.2, -0.15) is 0 Å². The number of benzene rings is 2. The van der Waals surface area contributed by atoms with Crippen molar-refractivity contribution in [3.63, 3.8) is 0 Å². The molecule has 3 rings (SSSR count). The van der Waals surface area contributed by atoms with E-state index in [2.05, 4.69) is 10.6 Å². The zero-order valence-electron chi connectivity index (χ0n) is 20.9. The fourth-order valence-electron chi connectivity index (χ4n) is 3.57. The topological polar surface area (TPSA) is 95.1 Å². The molecule has 0 radical (unpaired) electrons. The molecular formula is C27H30N2O6S. The minimum atomic E-state index is -0.451. The van der Waals surface area contributed by atoms with Gasteiger partial charge in [-0.15, -0.1) is 11.3 Å². The van der Waals surface area contributed by atoms with Crippen LogP contribution in [-0.2, 0) is 4.79 Å². The van der Waals surface area contributed by atoms with Crippen molar-refractivity contribution >= 4 is 29.2 Å². The first-order chi connectivity index (χ1) is 17.4. The second-order valence-electron chi connectivity index (χ2n) is 7.65. The number of amides is 2. The Hall–Kier alpha value is -3.98. The van der Waals surface area contributed by atoms with Crippen molar-refractivity contribution in [2.45, 2.75) is 19.4 Å². The molecule has 0 spiro atoms. The number of ether oxygens (including phenoxy) is 4. The summed E-state index contributed by atoms with van der Waals surface area (Å²) in [6.07, 6.45) is 2.27. The number of hydrogen-bond donors (Lipinski definition) is 2. The monoisotopic (exact) mass is 510 g/mol. The minimum absolute atomic E-state index is 0.121. The molecule has 2 N–H and O–H groups in total. The van der Waals surface area contributed by atoms with E-state index in [0.29, 0.717) is 35.0 Å². The molecule has 0 aliphatic carbocycles. The van der Waals surface area contributed by atoms with Gasteiger partial charge in [0, 0.05) is 10.4 Å². The molecule has 1 aromatic heterocycles. The van der Waals surface area contributed by atoms with E-state index in [9.17, 15) is 9.59 Å². The maximum absolute atomic E-state index is 13.4. The van der Waals surface area contributed by atoms with Gasteiger partial charge in [0.25, 0.3) is 11.8 Å². The molecule has 3 aromatic rings. The molecule has 9 heteroatoms. The van der Waals surface area contributed by atoms with Gasteiger partial charge in [-0.3, -0.25) is 9.59 Å². The summed E-state index contributed by atoms with van der Waals surface area (Å²) >= 11 is 1.46. The Balaban J connectivity index is 1.87. The second kappa shape index (κ2) is 12.6. The molecule has 2 aromatic carbocycles. The molecule has 8 nitrogen and oxygen atoms in total. The highest BCUT2D eigenvalue weighted by atomic mass is 32.1. The first-order valence-corrected chi connectivity index (χ1v) is 12.1. The number of thiophene rings is 1. The van der Waals surface area contributed by atoms with Gasteiger partial charge in [-0.05, 0) is 59.8 Å². The summed E-state index contributed by atoms with van der Waals surface area (Å²) in [5, 5.41) is 7.68. The Morgan fingerprint density at radius 2 is 1.53 bits per heavy atom. The number of methoxy groups -OCH3 is 4. The summed E-state index contributed by atoms with van der Waals surface area (Å²) < 4.78 is 21.3. The Bertz CT molecular complexity index is 1220. The van der Waals surface area contributed by atoms with Crippen LogP contribution in [0.5, 0.6) is 23.0 Å². The quantitative estimate of drug-likeness (QED) is 0.359. The van der Waals surface area contributed by atoms with Gasteiger partial charge in [0.15, 0.2) is 23.0 Å². The van der Waals surface area contributed by atoms with E-state index in [1.54, 1.807) is 44.6 Å². The van der Waals surface area contributed by atoms with Gasteiger partial charge in [0.2, 0.25) is 0 Å². The summed E-state index contributed by atoms with van der Waals surface area (Å²) in [5.41, 5.74) is 1.30. The van der Waals surface area contributed by atoms with Crippen molar-refractivity contribution in [2.24, 2.45) is 0 Å². The lowest BCUT2D eigenvalue weighted by Crippen LogP contribution is -2.36. The first-order valence-electron chi connectivity index (χ1n) is 11.2. The lowest BCUT2D eigenvalue weighted by molar-refractivity contribution is -0.118. The summed E-state index contributed by atoms with van der Waals surface area (Å²) in [6, 6.07) is 13.7. The number of carbonyl (C=O) groups excluding carboxylic acids is 2. The number of nitrogens with one attached hydrogen (secondary N) is 2. The van der Waals surface area contributed by atoms with Crippen LogP contribution in [0.2, 0.25) is 0 Å². The van der Waals surface area contributed by atoms with Crippen LogP contribution in [0.15, 0.2) is 59.6 Å². The van der Waals surface area contributed by atoms with Crippen LogP contribution >= 0.6 is 11.3 Å². The van der Waals surface area contributed by atoms with Crippen molar-refractivity contribution < 1.29 is 28.5 Å². The van der Waals surface area contributed by atoms with Crippen LogP contribution < -0.4 is 29.6 Å². The predicted molar refractivity (Wildman–Crippen MR) is 140 cm³/mol. The van der Waals surface area contributed by atoms with Gasteiger partial charge < -0.3 is 29.6 Å². The maximum atomic E-state index is 13.4. The first kappa shape index (κ1) is 26.6. The molecule has 0 aliphatic heterocycles. The standard InChI is InChI=1S/C27H30N2O6S/c1-6-20(17-9-11-22(32-2)24(14-17)34-4)28-27(31)21(16-19-8-7-13-36-19)29-26(30)18-10-12-23(33-3)25(15-18)35-5/h7-16,20H,6H2,1-5H3,(H,28,31)(H,29,30)/b21-16-/t20-/m0/s1. The summed E-state index contributed by atoms with van der Waals surface area (Å²) in [5.74, 6) is 1.22. The fraction of sp³-hybridized carbons (Fsp3) is 0.259. The molecule has 0 fully saturated rings. The normalized spacial score (nSPS) is 11.9. The van der Waals surface area contributed by atoms with Crippen LogP contribution in [0.3, 0.4) is 0 Å². The summed E-state index contributed by atoms with van der Waals surface area (Å²) in [6.45, 7) is 1.96. The molecule has 190 valence electrons. The summed E-state index contributed by atoms with van der Waals surface area (Å²) in [7, 11) is 6.15. The zero-order chi connectivity index (χ0) is 26.1. The molecule has 36 heavy (non-hydrogen) atoms. The Morgan fingerprint density at radius 1 is 0.889 bits per heavy atom. The molecule has 0 saturated heterocycles. The third-order valence-corrected chi connectivity index (χ3v) is 6.31. The van der Waals surface area contributed by atoms with Crippen molar-refractivity contribution in [1.29, 1.82) is 0 Å². The lowest BCUT2D eigenvalue weighted by atomic mass is 10.0. The van der Waals surface area contributed by atoms with E-state index in [1.165, 1.54) is 25.6 Å². The SMILES string of the molecule is CC[C@H](NC(=O)/C(=C/c1cccs1)NC(=O)c1ccc(OC)c(OC)c1)c1ccc(OC)c(OC)c1. The van der Waals surface area contributed by atoms with Crippen LogP contribution in [0.4, 0.5) is 0 Å². The molecule has 1 heterocycles.